The van der Waals surface area contributed by atoms with E-state index in [1.807, 2.05) is 6.07 Å². The Morgan fingerprint density at radius 2 is 1.80 bits per heavy atom. The normalized spacial score (nSPS) is 16.5. The number of hydrogen-bond donors (Lipinski definition) is 0. The Kier molecular flexibility index (Phi) is 5.72. The minimum absolute atomic E-state index is 0.0669. The van der Waals surface area contributed by atoms with Crippen LogP contribution in [-0.2, 0) is 11.2 Å². The monoisotopic (exact) mass is 409 g/mol. The van der Waals surface area contributed by atoms with Gasteiger partial charge in [-0.25, -0.2) is 0 Å². The molecule has 0 aliphatic carbocycles. The Morgan fingerprint density at radius 1 is 1.07 bits per heavy atom. The Bertz CT molecular complexity index is 967. The van der Waals surface area contributed by atoms with E-state index in [0.717, 1.165) is 24.2 Å². The van der Waals surface area contributed by atoms with Crippen molar-refractivity contribution in [1.29, 1.82) is 0 Å². The van der Waals surface area contributed by atoms with Crippen LogP contribution >= 0.6 is 0 Å². The molecular weight excluding hydrogens is 382 g/mol. The number of benzene rings is 2. The summed E-state index contributed by atoms with van der Waals surface area (Å²) in [5.74, 6) is 0.240. The van der Waals surface area contributed by atoms with Gasteiger partial charge in [-0.3, -0.25) is 14.9 Å². The quantitative estimate of drug-likeness (QED) is 0.560. The van der Waals surface area contributed by atoms with Crippen LogP contribution in [0.1, 0.15) is 47.7 Å². The van der Waals surface area contributed by atoms with Crippen molar-refractivity contribution in [3.8, 4) is 0 Å². The lowest BCUT2D eigenvalue weighted by molar-refractivity contribution is -0.384. The van der Waals surface area contributed by atoms with E-state index in [9.17, 15) is 14.9 Å². The Morgan fingerprint density at radius 3 is 2.50 bits per heavy atom. The van der Waals surface area contributed by atoms with Gasteiger partial charge in [0, 0.05) is 37.5 Å². The summed E-state index contributed by atoms with van der Waals surface area (Å²) in [6.07, 6.45) is 1.81. The first-order chi connectivity index (χ1) is 14.5. The first-order valence-corrected chi connectivity index (χ1v) is 10.5. The Hall–Kier alpha value is -2.93. The van der Waals surface area contributed by atoms with Gasteiger partial charge >= 0.3 is 0 Å². The zero-order valence-electron chi connectivity index (χ0n) is 17.5. The minimum atomic E-state index is -0.445. The van der Waals surface area contributed by atoms with Gasteiger partial charge in [0.05, 0.1) is 29.4 Å². The highest BCUT2D eigenvalue weighted by Gasteiger charge is 2.29. The zero-order valence-corrected chi connectivity index (χ0v) is 17.5. The number of nitrogens with zero attached hydrogens (tertiary/aromatic N) is 3. The predicted octanol–water partition coefficient (Wildman–Crippen LogP) is 4.15. The van der Waals surface area contributed by atoms with Gasteiger partial charge in [-0.1, -0.05) is 26.0 Å². The second kappa shape index (κ2) is 8.44. The van der Waals surface area contributed by atoms with Crippen molar-refractivity contribution in [1.82, 2.24) is 0 Å². The summed E-state index contributed by atoms with van der Waals surface area (Å²) in [4.78, 5) is 28.5. The first kappa shape index (κ1) is 20.3. The number of morpholine rings is 1. The molecule has 1 amide bonds. The molecule has 1 saturated heterocycles. The first-order valence-electron chi connectivity index (χ1n) is 10.5. The summed E-state index contributed by atoms with van der Waals surface area (Å²) in [6.45, 7) is 7.40. The maximum atomic E-state index is 13.7. The van der Waals surface area contributed by atoms with Gasteiger partial charge in [-0.15, -0.1) is 0 Å². The van der Waals surface area contributed by atoms with E-state index < -0.39 is 4.92 Å². The molecule has 0 unspecified atom stereocenters. The largest absolute Gasteiger partial charge is 0.378 e. The van der Waals surface area contributed by atoms with Crippen LogP contribution in [0.2, 0.25) is 0 Å². The lowest BCUT2D eigenvalue weighted by atomic mass is 9.94. The molecule has 2 aliphatic rings. The lowest BCUT2D eigenvalue weighted by Crippen LogP contribution is -2.40. The summed E-state index contributed by atoms with van der Waals surface area (Å²) in [6, 6.07) is 10.9. The van der Waals surface area contributed by atoms with Crippen LogP contribution in [-0.4, -0.2) is 43.7 Å². The topological polar surface area (TPSA) is 75.9 Å². The van der Waals surface area contributed by atoms with Crippen molar-refractivity contribution < 1.29 is 14.5 Å². The third kappa shape index (κ3) is 3.89. The fraction of sp³-hybridized carbons (Fsp3) is 0.435. The molecule has 2 aliphatic heterocycles. The van der Waals surface area contributed by atoms with E-state index in [1.54, 1.807) is 11.0 Å². The number of fused-ring (bicyclic) bond motifs is 1. The summed E-state index contributed by atoms with van der Waals surface area (Å²) in [5.41, 5.74) is 4.39. The predicted molar refractivity (Wildman–Crippen MR) is 117 cm³/mol. The highest BCUT2D eigenvalue weighted by atomic mass is 16.6. The summed E-state index contributed by atoms with van der Waals surface area (Å²) in [7, 11) is 0. The molecule has 1 fully saturated rings. The van der Waals surface area contributed by atoms with Crippen LogP contribution in [0.4, 0.5) is 17.1 Å². The average molecular weight is 409 g/mol. The second-order valence-electron chi connectivity index (χ2n) is 8.16. The van der Waals surface area contributed by atoms with Crippen molar-refractivity contribution in [2.75, 3.05) is 42.6 Å². The number of aryl methyl sites for hydroxylation is 1. The molecule has 2 aromatic rings. The maximum absolute atomic E-state index is 13.7. The Labute approximate surface area is 176 Å². The number of carbonyl (C=O) groups is 1. The van der Waals surface area contributed by atoms with Crippen LogP contribution in [0.3, 0.4) is 0 Å². The molecular formula is C23H27N3O4. The molecule has 0 radical (unpaired) electrons. The fourth-order valence-electron chi connectivity index (χ4n) is 4.22. The van der Waals surface area contributed by atoms with E-state index >= 15 is 0 Å². The molecule has 0 saturated carbocycles. The molecule has 0 N–H and O–H groups in total. The molecule has 2 heterocycles. The van der Waals surface area contributed by atoms with Crippen molar-refractivity contribution in [2.45, 2.75) is 32.6 Å². The van der Waals surface area contributed by atoms with E-state index in [-0.39, 0.29) is 11.6 Å². The number of carbonyl (C=O) groups excluding carboxylic acids is 1. The molecule has 158 valence electrons. The van der Waals surface area contributed by atoms with Crippen molar-refractivity contribution in [3.63, 3.8) is 0 Å². The lowest BCUT2D eigenvalue weighted by Gasteiger charge is -2.33. The van der Waals surface area contributed by atoms with Gasteiger partial charge < -0.3 is 14.5 Å². The van der Waals surface area contributed by atoms with Crippen LogP contribution in [0.5, 0.6) is 0 Å². The standard InChI is InChI=1S/C23H27N3O4/c1-16(2)17-5-7-21-18(14-17)4-3-9-25(21)23(27)20-15-19(26(28)29)6-8-22(20)24-10-12-30-13-11-24/h5-8,14-16H,3-4,9-13H2,1-2H3. The molecule has 0 bridgehead atoms. The number of non-ortho nitro benzene ring substituents is 1. The van der Waals surface area contributed by atoms with Crippen molar-refractivity contribution in [3.05, 3.63) is 63.2 Å². The van der Waals surface area contributed by atoms with Crippen LogP contribution < -0.4 is 9.80 Å². The second-order valence-corrected chi connectivity index (χ2v) is 8.16. The van der Waals surface area contributed by atoms with Gasteiger partial charge in [0.25, 0.3) is 11.6 Å². The molecule has 7 heteroatoms. The number of amides is 1. The number of anilines is 2. The van der Waals surface area contributed by atoms with Gasteiger partial charge in [-0.05, 0) is 42.0 Å². The molecule has 2 aromatic carbocycles. The fourth-order valence-corrected chi connectivity index (χ4v) is 4.22. The van der Waals surface area contributed by atoms with Crippen LogP contribution in [0.25, 0.3) is 0 Å². The van der Waals surface area contributed by atoms with Gasteiger partial charge in [0.2, 0.25) is 0 Å². The van der Waals surface area contributed by atoms with Crippen molar-refractivity contribution in [2.24, 2.45) is 0 Å². The highest BCUT2D eigenvalue weighted by Crippen LogP contribution is 2.34. The number of ether oxygens (including phenoxy) is 1. The van der Waals surface area contributed by atoms with Crippen molar-refractivity contribution >= 4 is 23.0 Å². The van der Waals surface area contributed by atoms with E-state index in [2.05, 4.69) is 30.9 Å². The summed E-state index contributed by atoms with van der Waals surface area (Å²) >= 11 is 0. The van der Waals surface area contributed by atoms with Crippen LogP contribution in [0.15, 0.2) is 36.4 Å². The molecule has 7 nitrogen and oxygen atoms in total. The summed E-state index contributed by atoms with van der Waals surface area (Å²) < 4.78 is 5.43. The molecule has 30 heavy (non-hydrogen) atoms. The Balaban J connectivity index is 1.74. The molecule has 0 atom stereocenters. The average Bonchev–Trinajstić information content (AvgIpc) is 2.77. The third-order valence-corrected chi connectivity index (χ3v) is 5.91. The highest BCUT2D eigenvalue weighted by molar-refractivity contribution is 6.10. The number of rotatable bonds is 4. The van der Waals surface area contributed by atoms with Gasteiger partial charge in [-0.2, -0.15) is 0 Å². The molecule has 0 spiro atoms. The van der Waals surface area contributed by atoms with Gasteiger partial charge in [0.1, 0.15) is 0 Å². The maximum Gasteiger partial charge on any atom is 0.270 e. The number of nitro groups is 1. The summed E-state index contributed by atoms with van der Waals surface area (Å²) in [5, 5.41) is 11.4. The molecule has 4 rings (SSSR count). The third-order valence-electron chi connectivity index (χ3n) is 5.91. The number of hydrogen-bond acceptors (Lipinski definition) is 5. The van der Waals surface area contributed by atoms with Gasteiger partial charge in [0.15, 0.2) is 0 Å². The SMILES string of the molecule is CC(C)c1ccc2c(c1)CCCN2C(=O)c1cc([N+](=O)[O-])ccc1N1CCOCC1. The molecule has 0 aromatic heterocycles. The van der Waals surface area contributed by atoms with E-state index in [1.165, 1.54) is 23.3 Å². The van der Waals surface area contributed by atoms with E-state index in [4.69, 9.17) is 4.74 Å². The number of nitro benzene ring substituents is 1. The zero-order chi connectivity index (χ0) is 21.3. The van der Waals surface area contributed by atoms with E-state index in [0.29, 0.717) is 44.3 Å². The van der Waals surface area contributed by atoms with Crippen LogP contribution in [0, 0.1) is 10.1 Å². The smallest absolute Gasteiger partial charge is 0.270 e. The minimum Gasteiger partial charge on any atom is -0.378 e.